The van der Waals surface area contributed by atoms with E-state index < -0.39 is 29.2 Å². The maximum atomic E-state index is 14.1. The lowest BCUT2D eigenvalue weighted by Gasteiger charge is -2.50. The topological polar surface area (TPSA) is 89.9 Å². The second-order valence-electron chi connectivity index (χ2n) is 10.5. The third kappa shape index (κ3) is 5.58. The van der Waals surface area contributed by atoms with Gasteiger partial charge >= 0.3 is 0 Å². The molecule has 1 saturated heterocycles. The second-order valence-corrected chi connectivity index (χ2v) is 10.5. The third-order valence-corrected chi connectivity index (χ3v) is 7.99. The van der Waals surface area contributed by atoms with Crippen LogP contribution in [0.1, 0.15) is 57.7 Å². The third-order valence-electron chi connectivity index (χ3n) is 7.99. The second kappa shape index (κ2) is 12.0. The smallest absolute Gasteiger partial charge is 0.276 e. The molecule has 2 aromatic carbocycles. The molecule has 1 N–H and O–H groups in total. The van der Waals surface area contributed by atoms with Gasteiger partial charge in [0, 0.05) is 36.3 Å². The number of nitrogens with one attached hydrogen (secondary N) is 1. The van der Waals surface area contributed by atoms with Crippen LogP contribution in [0.4, 0.5) is 8.78 Å². The van der Waals surface area contributed by atoms with Gasteiger partial charge in [0.05, 0.1) is 13.2 Å². The minimum absolute atomic E-state index is 0. The van der Waals surface area contributed by atoms with E-state index in [-0.39, 0.29) is 72.5 Å². The molecule has 41 heavy (non-hydrogen) atoms. The highest BCUT2D eigenvalue weighted by atomic mass is 35.5. The fourth-order valence-corrected chi connectivity index (χ4v) is 5.95. The molecule has 216 valence electrons. The monoisotopic (exact) mass is 585 g/mol. The standard InChI is InChI=1S/C30H29F2N3O5.ClH/c31-21-11-10-19(23(32)12-21)13-33-29(37)22-14-34-15-25-35(24-9-5-4-8-20(24)17-39-25)30(38)26(34)28(27(22)36)40-16-18-6-2-1-3-7-18;/h1-3,6-7,10-12,14,20,24-25H,4-5,8-9,13,15-17H2,(H,33,37);1H/t20-,24-,25+;/m0./s1. The first-order valence-electron chi connectivity index (χ1n) is 13.5. The van der Waals surface area contributed by atoms with Crippen LogP contribution in [0.15, 0.2) is 59.5 Å². The summed E-state index contributed by atoms with van der Waals surface area (Å²) >= 11 is 0. The van der Waals surface area contributed by atoms with E-state index in [4.69, 9.17) is 9.47 Å². The zero-order valence-corrected chi connectivity index (χ0v) is 23.0. The molecular formula is C30H30ClF2N3O5. The zero-order valence-electron chi connectivity index (χ0n) is 22.2. The Kier molecular flexibility index (Phi) is 8.42. The number of ether oxygens (including phenoxy) is 2. The van der Waals surface area contributed by atoms with Crippen LogP contribution in [-0.2, 0) is 24.4 Å². The Morgan fingerprint density at radius 2 is 1.85 bits per heavy atom. The zero-order chi connectivity index (χ0) is 27.8. The number of carbonyl (C=O) groups is 2. The van der Waals surface area contributed by atoms with Gasteiger partial charge < -0.3 is 24.3 Å². The van der Waals surface area contributed by atoms with Gasteiger partial charge in [0.2, 0.25) is 5.43 Å². The number of rotatable bonds is 6. The van der Waals surface area contributed by atoms with Crippen LogP contribution in [0.3, 0.4) is 0 Å². The molecule has 2 amide bonds. The lowest BCUT2D eigenvalue weighted by atomic mass is 9.82. The van der Waals surface area contributed by atoms with E-state index in [1.807, 2.05) is 30.3 Å². The number of halogens is 3. The Hall–Kier alpha value is -3.76. The van der Waals surface area contributed by atoms with Crippen LogP contribution in [0, 0.1) is 17.6 Å². The summed E-state index contributed by atoms with van der Waals surface area (Å²) in [5.41, 5.74) is -0.0341. The van der Waals surface area contributed by atoms with Gasteiger partial charge in [0.25, 0.3) is 11.8 Å². The van der Waals surface area contributed by atoms with E-state index in [9.17, 15) is 23.2 Å². The summed E-state index contributed by atoms with van der Waals surface area (Å²) in [4.78, 5) is 42.6. The fraction of sp³-hybridized carbons (Fsp3) is 0.367. The van der Waals surface area contributed by atoms with Gasteiger partial charge in [-0.05, 0) is 24.5 Å². The number of benzene rings is 2. The van der Waals surface area contributed by atoms with Crippen molar-refractivity contribution in [3.05, 3.63) is 99.0 Å². The number of aromatic nitrogens is 1. The summed E-state index contributed by atoms with van der Waals surface area (Å²) in [6.45, 7) is 0.559. The predicted molar refractivity (Wildman–Crippen MR) is 148 cm³/mol. The molecule has 0 spiro atoms. The van der Waals surface area contributed by atoms with Gasteiger partial charge in [0.15, 0.2) is 17.7 Å². The van der Waals surface area contributed by atoms with Crippen molar-refractivity contribution < 1.29 is 27.8 Å². The number of amides is 2. The molecule has 3 heterocycles. The molecule has 3 aromatic rings. The van der Waals surface area contributed by atoms with E-state index in [1.54, 1.807) is 9.47 Å². The fourth-order valence-electron chi connectivity index (χ4n) is 5.95. The molecule has 3 atom stereocenters. The van der Waals surface area contributed by atoms with Crippen LogP contribution in [0.25, 0.3) is 0 Å². The van der Waals surface area contributed by atoms with E-state index in [1.165, 1.54) is 12.3 Å². The molecular weight excluding hydrogens is 556 g/mol. The van der Waals surface area contributed by atoms with Crippen molar-refractivity contribution in [2.75, 3.05) is 6.61 Å². The first-order chi connectivity index (χ1) is 19.4. The van der Waals surface area contributed by atoms with Crippen molar-refractivity contribution in [3.8, 4) is 5.75 Å². The SMILES string of the molecule is Cl.O=C(NCc1ccc(F)cc1F)c1cn2c(c(OCc3ccccc3)c1=O)C(=O)N1[C@@H](C2)OC[C@@H]2CCCC[C@@H]21. The van der Waals surface area contributed by atoms with Crippen molar-refractivity contribution in [2.24, 2.45) is 5.92 Å². The summed E-state index contributed by atoms with van der Waals surface area (Å²) < 4.78 is 41.0. The van der Waals surface area contributed by atoms with Gasteiger partial charge in [-0.1, -0.05) is 49.2 Å². The average molecular weight is 586 g/mol. The first kappa shape index (κ1) is 28.8. The molecule has 11 heteroatoms. The lowest BCUT2D eigenvalue weighted by Crippen LogP contribution is -2.61. The van der Waals surface area contributed by atoms with Crippen molar-refractivity contribution in [1.82, 2.24) is 14.8 Å². The van der Waals surface area contributed by atoms with Gasteiger partial charge in [-0.15, -0.1) is 12.4 Å². The Labute approximate surface area is 241 Å². The summed E-state index contributed by atoms with van der Waals surface area (Å²) in [6, 6.07) is 12.3. The number of pyridine rings is 1. The van der Waals surface area contributed by atoms with Crippen molar-refractivity contribution in [3.63, 3.8) is 0 Å². The molecule has 3 aliphatic rings. The van der Waals surface area contributed by atoms with E-state index in [2.05, 4.69) is 5.32 Å². The number of nitrogens with zero attached hydrogens (tertiary/aromatic N) is 2. The van der Waals surface area contributed by atoms with E-state index in [0.29, 0.717) is 6.61 Å². The molecule has 0 radical (unpaired) electrons. The van der Waals surface area contributed by atoms with E-state index >= 15 is 0 Å². The molecule has 6 rings (SSSR count). The number of fused-ring (bicyclic) bond motifs is 4. The van der Waals surface area contributed by atoms with Crippen LogP contribution in [0.2, 0.25) is 0 Å². The number of hydrogen-bond acceptors (Lipinski definition) is 5. The summed E-state index contributed by atoms with van der Waals surface area (Å²) in [6.07, 6.45) is 4.80. The summed E-state index contributed by atoms with van der Waals surface area (Å²) in [5.74, 6) is -2.61. The normalized spacial score (nSPS) is 21.2. The quantitative estimate of drug-likeness (QED) is 0.462. The number of carbonyl (C=O) groups excluding carboxylic acids is 2. The number of hydrogen-bond donors (Lipinski definition) is 1. The molecule has 0 unspecified atom stereocenters. The predicted octanol–water partition coefficient (Wildman–Crippen LogP) is 4.43. The molecule has 8 nitrogen and oxygen atoms in total. The largest absolute Gasteiger partial charge is 0.483 e. The Balaban J connectivity index is 0.00000337. The van der Waals surface area contributed by atoms with Gasteiger partial charge in [-0.3, -0.25) is 14.4 Å². The molecule has 1 saturated carbocycles. The van der Waals surface area contributed by atoms with Crippen LogP contribution in [-0.4, -0.2) is 40.2 Å². The van der Waals surface area contributed by atoms with E-state index in [0.717, 1.165) is 43.4 Å². The van der Waals surface area contributed by atoms with Crippen molar-refractivity contribution >= 4 is 24.2 Å². The first-order valence-corrected chi connectivity index (χ1v) is 13.5. The van der Waals surface area contributed by atoms with Crippen LogP contribution in [0.5, 0.6) is 5.75 Å². The maximum Gasteiger partial charge on any atom is 0.276 e. The highest BCUT2D eigenvalue weighted by Crippen LogP contribution is 2.38. The van der Waals surface area contributed by atoms with Gasteiger partial charge in [0.1, 0.15) is 23.8 Å². The van der Waals surface area contributed by atoms with Crippen molar-refractivity contribution in [1.29, 1.82) is 0 Å². The summed E-state index contributed by atoms with van der Waals surface area (Å²) in [5, 5.41) is 2.53. The molecule has 1 aromatic heterocycles. The minimum Gasteiger partial charge on any atom is -0.483 e. The Bertz CT molecular complexity index is 1520. The van der Waals surface area contributed by atoms with Crippen LogP contribution < -0.4 is 15.5 Å². The van der Waals surface area contributed by atoms with Gasteiger partial charge in [-0.2, -0.15) is 0 Å². The van der Waals surface area contributed by atoms with Crippen LogP contribution >= 0.6 is 12.4 Å². The molecule has 0 bridgehead atoms. The van der Waals surface area contributed by atoms with Gasteiger partial charge in [-0.25, -0.2) is 8.78 Å². The highest BCUT2D eigenvalue weighted by Gasteiger charge is 2.46. The lowest BCUT2D eigenvalue weighted by molar-refractivity contribution is -0.149. The Morgan fingerprint density at radius 3 is 2.63 bits per heavy atom. The minimum atomic E-state index is -0.810. The Morgan fingerprint density at radius 1 is 1.07 bits per heavy atom. The summed E-state index contributed by atoms with van der Waals surface area (Å²) in [7, 11) is 0. The average Bonchev–Trinajstić information content (AvgIpc) is 2.96. The molecule has 1 aliphatic carbocycles. The highest BCUT2D eigenvalue weighted by molar-refractivity contribution is 5.99. The van der Waals surface area contributed by atoms with Crippen molar-refractivity contribution in [2.45, 2.75) is 57.6 Å². The molecule has 2 fully saturated rings. The molecule has 2 aliphatic heterocycles. The maximum absolute atomic E-state index is 14.1.